The maximum absolute atomic E-state index is 12.0. The summed E-state index contributed by atoms with van der Waals surface area (Å²) >= 11 is 0. The molecule has 1 atom stereocenters. The summed E-state index contributed by atoms with van der Waals surface area (Å²) in [6.45, 7) is 8.15. The van der Waals surface area contributed by atoms with E-state index in [1.165, 1.54) is 0 Å². The highest BCUT2D eigenvalue weighted by Gasteiger charge is 2.41. The van der Waals surface area contributed by atoms with E-state index < -0.39 is 0 Å². The summed E-state index contributed by atoms with van der Waals surface area (Å²) in [4.78, 5) is 12.0. The van der Waals surface area contributed by atoms with Crippen LogP contribution in [0.5, 0.6) is 0 Å². The molecular formula is C13H19N3O. The molecular weight excluding hydrogens is 214 g/mol. The van der Waals surface area contributed by atoms with Crippen molar-refractivity contribution in [1.82, 2.24) is 10.7 Å². The summed E-state index contributed by atoms with van der Waals surface area (Å²) in [6.07, 6.45) is 0. The Morgan fingerprint density at radius 2 is 1.94 bits per heavy atom. The number of nitrogens with zero attached hydrogens (tertiary/aromatic N) is 1. The maximum atomic E-state index is 12.0. The lowest BCUT2D eigenvalue weighted by atomic mass is 10.00. The summed E-state index contributed by atoms with van der Waals surface area (Å²) in [5.74, 6) is 0.306. The zero-order valence-corrected chi connectivity index (χ0v) is 10.7. The Kier molecular flexibility index (Phi) is 2.83. The van der Waals surface area contributed by atoms with Gasteiger partial charge in [-0.3, -0.25) is 0 Å². The number of hydrogen-bond acceptors (Lipinski definition) is 2. The number of aryl methyl sites for hydroxylation is 1. The quantitative estimate of drug-likeness (QED) is 0.824. The second-order valence-electron chi connectivity index (χ2n) is 5.02. The number of para-hydroxylation sites is 1. The Bertz CT molecular complexity index is 444. The summed E-state index contributed by atoms with van der Waals surface area (Å²) in [5.41, 5.74) is 4.83. The summed E-state index contributed by atoms with van der Waals surface area (Å²) in [5, 5.41) is 4.57. The number of benzene rings is 1. The number of nitrogens with one attached hydrogen (secondary N) is 2. The first-order valence-electron chi connectivity index (χ1n) is 5.90. The van der Waals surface area contributed by atoms with Crippen LogP contribution in [0.3, 0.4) is 0 Å². The third-order valence-electron chi connectivity index (χ3n) is 3.42. The third kappa shape index (κ3) is 2.00. The lowest BCUT2D eigenvalue weighted by Gasteiger charge is -2.29. The van der Waals surface area contributed by atoms with Crippen LogP contribution in [-0.2, 0) is 0 Å². The molecule has 0 unspecified atom stereocenters. The number of hydrogen-bond donors (Lipinski definition) is 2. The molecule has 1 saturated heterocycles. The molecule has 4 heteroatoms. The zero-order chi connectivity index (χ0) is 12.6. The Balaban J connectivity index is 2.31. The van der Waals surface area contributed by atoms with Crippen molar-refractivity contribution in [3.05, 3.63) is 29.8 Å². The van der Waals surface area contributed by atoms with Crippen molar-refractivity contribution in [2.24, 2.45) is 5.92 Å². The fourth-order valence-corrected chi connectivity index (χ4v) is 1.85. The predicted octanol–water partition coefficient (Wildman–Crippen LogP) is 2.40. The van der Waals surface area contributed by atoms with Crippen LogP contribution >= 0.6 is 0 Å². The van der Waals surface area contributed by atoms with Gasteiger partial charge >= 0.3 is 6.03 Å². The first-order chi connectivity index (χ1) is 7.94. The van der Waals surface area contributed by atoms with Crippen LogP contribution in [-0.4, -0.2) is 11.7 Å². The van der Waals surface area contributed by atoms with Gasteiger partial charge in [-0.1, -0.05) is 32.0 Å². The SMILES string of the molecule is Cc1ccccc1N1N[C@](C)(C(C)C)NC1=O. The molecule has 0 aromatic heterocycles. The van der Waals surface area contributed by atoms with E-state index in [1.807, 2.05) is 38.1 Å². The maximum Gasteiger partial charge on any atom is 0.338 e. The van der Waals surface area contributed by atoms with Gasteiger partial charge < -0.3 is 5.32 Å². The average Bonchev–Trinajstić information content (AvgIpc) is 2.56. The number of urea groups is 1. The third-order valence-corrected chi connectivity index (χ3v) is 3.42. The molecule has 1 heterocycles. The minimum Gasteiger partial charge on any atom is -0.317 e. The largest absolute Gasteiger partial charge is 0.338 e. The van der Waals surface area contributed by atoms with Gasteiger partial charge in [0.15, 0.2) is 0 Å². The highest BCUT2D eigenvalue weighted by Crippen LogP contribution is 2.25. The molecule has 2 rings (SSSR count). The fourth-order valence-electron chi connectivity index (χ4n) is 1.85. The molecule has 1 aliphatic heterocycles. The Hall–Kier alpha value is -1.55. The van der Waals surface area contributed by atoms with Gasteiger partial charge in [0.1, 0.15) is 5.66 Å². The van der Waals surface area contributed by atoms with E-state index in [0.717, 1.165) is 11.3 Å². The molecule has 0 bridgehead atoms. The second kappa shape index (κ2) is 4.04. The van der Waals surface area contributed by atoms with E-state index >= 15 is 0 Å². The Morgan fingerprint density at radius 1 is 1.29 bits per heavy atom. The van der Waals surface area contributed by atoms with Crippen LogP contribution in [0.2, 0.25) is 0 Å². The van der Waals surface area contributed by atoms with Crippen LogP contribution in [0.25, 0.3) is 0 Å². The van der Waals surface area contributed by atoms with E-state index in [2.05, 4.69) is 24.6 Å². The molecule has 1 aliphatic rings. The standard InChI is InChI=1S/C13H19N3O/c1-9(2)13(4)14-12(17)16(15-13)11-8-6-5-7-10(11)3/h5-9,15H,1-4H3,(H,14,17)/t13-/m1/s1. The molecule has 4 nitrogen and oxygen atoms in total. The van der Waals surface area contributed by atoms with Crippen molar-refractivity contribution in [3.8, 4) is 0 Å². The van der Waals surface area contributed by atoms with E-state index in [-0.39, 0.29) is 11.7 Å². The molecule has 0 spiro atoms. The highest BCUT2D eigenvalue weighted by molar-refractivity contribution is 5.94. The van der Waals surface area contributed by atoms with Gasteiger partial charge in [0.2, 0.25) is 0 Å². The molecule has 2 N–H and O–H groups in total. The van der Waals surface area contributed by atoms with Gasteiger partial charge in [0.05, 0.1) is 5.69 Å². The average molecular weight is 233 g/mol. The van der Waals surface area contributed by atoms with Crippen LogP contribution < -0.4 is 15.8 Å². The van der Waals surface area contributed by atoms with Crippen molar-refractivity contribution >= 4 is 11.7 Å². The van der Waals surface area contributed by atoms with Crippen LogP contribution in [0.1, 0.15) is 26.3 Å². The summed E-state index contributed by atoms with van der Waals surface area (Å²) in [6, 6.07) is 7.73. The van der Waals surface area contributed by atoms with Crippen molar-refractivity contribution in [3.63, 3.8) is 0 Å². The first kappa shape index (κ1) is 11.9. The van der Waals surface area contributed by atoms with Gasteiger partial charge in [-0.2, -0.15) is 0 Å². The van der Waals surface area contributed by atoms with Crippen molar-refractivity contribution < 1.29 is 4.79 Å². The molecule has 17 heavy (non-hydrogen) atoms. The molecule has 92 valence electrons. The second-order valence-corrected chi connectivity index (χ2v) is 5.02. The lowest BCUT2D eigenvalue weighted by Crippen LogP contribution is -2.52. The summed E-state index contributed by atoms with van der Waals surface area (Å²) in [7, 11) is 0. The molecule has 1 fully saturated rings. The van der Waals surface area contributed by atoms with Crippen LogP contribution in [0, 0.1) is 12.8 Å². The molecule has 0 aliphatic carbocycles. The number of rotatable bonds is 2. The van der Waals surface area contributed by atoms with E-state index in [9.17, 15) is 4.79 Å². The monoisotopic (exact) mass is 233 g/mol. The van der Waals surface area contributed by atoms with E-state index in [4.69, 9.17) is 0 Å². The van der Waals surface area contributed by atoms with E-state index in [1.54, 1.807) is 5.01 Å². The van der Waals surface area contributed by atoms with Gasteiger partial charge in [-0.05, 0) is 31.4 Å². The highest BCUT2D eigenvalue weighted by atomic mass is 16.2. The van der Waals surface area contributed by atoms with Crippen LogP contribution in [0.4, 0.5) is 10.5 Å². The molecule has 2 amide bonds. The summed E-state index contributed by atoms with van der Waals surface area (Å²) < 4.78 is 0. The topological polar surface area (TPSA) is 44.4 Å². The Labute approximate surface area is 102 Å². The number of hydrazine groups is 1. The first-order valence-corrected chi connectivity index (χ1v) is 5.90. The molecule has 0 saturated carbocycles. The number of anilines is 1. The fraction of sp³-hybridized carbons (Fsp3) is 0.462. The van der Waals surface area contributed by atoms with Gasteiger partial charge in [0.25, 0.3) is 0 Å². The zero-order valence-electron chi connectivity index (χ0n) is 10.7. The van der Waals surface area contributed by atoms with Gasteiger partial charge in [0, 0.05) is 0 Å². The molecule has 1 aromatic rings. The number of carbonyl (C=O) groups excluding carboxylic acids is 1. The van der Waals surface area contributed by atoms with Gasteiger partial charge in [-0.15, -0.1) is 0 Å². The normalized spacial score (nSPS) is 24.3. The van der Waals surface area contributed by atoms with Crippen molar-refractivity contribution in [2.75, 3.05) is 5.01 Å². The lowest BCUT2D eigenvalue weighted by molar-refractivity contribution is 0.236. The van der Waals surface area contributed by atoms with Crippen LogP contribution in [0.15, 0.2) is 24.3 Å². The van der Waals surface area contributed by atoms with E-state index in [0.29, 0.717) is 5.92 Å². The number of amides is 2. The van der Waals surface area contributed by atoms with Gasteiger partial charge in [-0.25, -0.2) is 15.2 Å². The van der Waals surface area contributed by atoms with Crippen molar-refractivity contribution in [1.29, 1.82) is 0 Å². The minimum atomic E-state index is -0.390. The van der Waals surface area contributed by atoms with Crippen molar-refractivity contribution in [2.45, 2.75) is 33.4 Å². The number of carbonyl (C=O) groups is 1. The Morgan fingerprint density at radius 3 is 2.47 bits per heavy atom. The predicted molar refractivity (Wildman–Crippen MR) is 68.6 cm³/mol. The smallest absolute Gasteiger partial charge is 0.317 e. The minimum absolute atomic E-state index is 0.101. The molecule has 1 aromatic carbocycles. The molecule has 0 radical (unpaired) electrons.